The lowest BCUT2D eigenvalue weighted by Crippen LogP contribution is -2.14. The smallest absolute Gasteiger partial charge is 0.143 e. The van der Waals surface area contributed by atoms with Gasteiger partial charge in [-0.15, -0.1) is 0 Å². The highest BCUT2D eigenvalue weighted by atomic mass is 16.3. The highest BCUT2D eigenvalue weighted by Crippen LogP contribution is 2.50. The van der Waals surface area contributed by atoms with Gasteiger partial charge in [0.1, 0.15) is 11.2 Å². The highest BCUT2D eigenvalue weighted by molar-refractivity contribution is 6.22. The van der Waals surface area contributed by atoms with E-state index in [9.17, 15) is 19.2 Å². The van der Waals surface area contributed by atoms with Crippen molar-refractivity contribution in [3.8, 4) is 44.5 Å². The third kappa shape index (κ3) is 4.11. The van der Waals surface area contributed by atoms with Crippen molar-refractivity contribution < 1.29 is 46.9 Å². The largest absolute Gasteiger partial charge is 0.455 e. The van der Waals surface area contributed by atoms with Crippen molar-refractivity contribution in [3.63, 3.8) is 0 Å². The van der Waals surface area contributed by atoms with Gasteiger partial charge in [0.15, 0.2) is 0 Å². The lowest BCUT2D eigenvalue weighted by molar-refractivity contribution is 0.660. The van der Waals surface area contributed by atoms with E-state index < -0.39 is 291 Å². The van der Waals surface area contributed by atoms with Gasteiger partial charge < -0.3 is 4.42 Å². The summed E-state index contributed by atoms with van der Waals surface area (Å²) in [7, 11) is 0. The SMILES string of the molecule is [2H]c1c([2H])c([2H])c2c(c1[2H])-c1c([2H])c([2H])c(-c3c([2H])c([2H])c(-c4c5c([2H])c([2H])c([2H])c([2H])c5c(-c5c([2H])c([2H])c6oc7c8c([2H])c([2H])c([2H])c([2H])c8c([2H])c([2H])c7c6c5[2H])c5c([2H])c([2H])c([2H])c([2H])c45)c([2H])c3[2H])c([2H])c1C2(C)C([2H])([2H])[2H]. The van der Waals surface area contributed by atoms with Crippen LogP contribution in [0.1, 0.15) is 67.4 Å². The Morgan fingerprint density at radius 3 is 1.75 bits per heavy atom. The summed E-state index contributed by atoms with van der Waals surface area (Å²) in [4.78, 5) is 0. The molecule has 1 heteroatoms. The maximum Gasteiger partial charge on any atom is 0.143 e. The Balaban J connectivity index is 1.32. The van der Waals surface area contributed by atoms with E-state index in [1.165, 1.54) is 0 Å². The van der Waals surface area contributed by atoms with Crippen LogP contribution in [0, 0.1) is 0 Å². The normalized spacial score (nSPS) is 23.8. The Labute approximate surface area is 346 Å². The van der Waals surface area contributed by atoms with Gasteiger partial charge in [-0.1, -0.05) is 159 Å². The van der Waals surface area contributed by atoms with E-state index in [0.717, 1.165) is 6.92 Å². The van der Waals surface area contributed by atoms with Crippen LogP contribution in [-0.4, -0.2) is 0 Å². The predicted molar refractivity (Wildman–Crippen MR) is 220 cm³/mol. The van der Waals surface area contributed by atoms with Crippen molar-refractivity contribution >= 4 is 54.3 Å². The van der Waals surface area contributed by atoms with E-state index >= 15 is 0 Å². The first-order valence-corrected chi connectivity index (χ1v) is 15.7. The van der Waals surface area contributed by atoms with Gasteiger partial charge >= 0.3 is 0 Å². The van der Waals surface area contributed by atoms with Crippen LogP contribution in [-0.2, 0) is 5.41 Å². The first kappa shape index (κ1) is 12.1. The van der Waals surface area contributed by atoms with Crippen LogP contribution in [0.25, 0.3) is 98.8 Å². The Morgan fingerprint density at radius 1 is 0.442 bits per heavy atom. The number of hydrogen-bond acceptors (Lipinski definition) is 1. The molecule has 1 aliphatic carbocycles. The molecule has 1 heterocycles. The van der Waals surface area contributed by atoms with Crippen molar-refractivity contribution in [3.05, 3.63) is 180 Å². The molecule has 0 spiro atoms. The van der Waals surface area contributed by atoms with E-state index in [2.05, 4.69) is 0 Å². The summed E-state index contributed by atoms with van der Waals surface area (Å²) in [6.07, 6.45) is 0. The monoisotopic (exact) mass is 693 g/mol. The Morgan fingerprint density at radius 2 is 1.02 bits per heavy atom. The summed E-state index contributed by atoms with van der Waals surface area (Å²) in [6, 6.07) is -26.5. The molecule has 1 unspecified atom stereocenters. The van der Waals surface area contributed by atoms with E-state index in [-0.39, 0.29) is 0 Å². The first-order valence-electron chi connectivity index (χ1n) is 31.2. The summed E-state index contributed by atoms with van der Waals surface area (Å²) < 4.78 is 288. The molecular weight excluding hydrogens is 629 g/mol. The van der Waals surface area contributed by atoms with Gasteiger partial charge in [0.2, 0.25) is 0 Å². The maximum absolute atomic E-state index is 9.87. The molecule has 9 aromatic carbocycles. The summed E-state index contributed by atoms with van der Waals surface area (Å²) in [5.74, 6) is 0. The van der Waals surface area contributed by atoms with Gasteiger partial charge in [0, 0.05) is 25.7 Å². The lowest BCUT2D eigenvalue weighted by Gasteiger charge is -2.22. The molecule has 0 fully saturated rings. The van der Waals surface area contributed by atoms with Crippen molar-refractivity contribution in [2.24, 2.45) is 0 Å². The summed E-state index contributed by atoms with van der Waals surface area (Å²) in [5, 5.41) is -5.06. The van der Waals surface area contributed by atoms with Crippen molar-refractivity contribution in [2.45, 2.75) is 19.2 Å². The molecule has 0 amide bonds. The maximum atomic E-state index is 9.87. The molecule has 1 aliphatic rings. The van der Waals surface area contributed by atoms with E-state index in [1.807, 2.05) is 0 Å². The second kappa shape index (κ2) is 10.8. The molecule has 1 nitrogen and oxygen atoms in total. The molecule has 0 radical (unpaired) electrons. The van der Waals surface area contributed by atoms with Crippen molar-refractivity contribution in [1.82, 2.24) is 0 Å². The van der Waals surface area contributed by atoms with Crippen LogP contribution in [0.3, 0.4) is 0 Å². The Hall–Kier alpha value is -6.44. The minimum atomic E-state index is -3.27. The zero-order valence-corrected chi connectivity index (χ0v) is 26.4. The average molecular weight is 694 g/mol. The van der Waals surface area contributed by atoms with Crippen LogP contribution >= 0.6 is 0 Å². The number of hydrogen-bond donors (Lipinski definition) is 0. The second-order valence-corrected chi connectivity index (χ2v) is 12.1. The zero-order valence-electron chi connectivity index (χ0n) is 57.4. The minimum Gasteiger partial charge on any atom is -0.455 e. The van der Waals surface area contributed by atoms with Crippen LogP contribution in [0.15, 0.2) is 174 Å². The second-order valence-electron chi connectivity index (χ2n) is 12.1. The fourth-order valence-corrected chi connectivity index (χ4v) is 6.82. The molecule has 0 saturated carbocycles. The van der Waals surface area contributed by atoms with Gasteiger partial charge in [-0.3, -0.25) is 0 Å². The predicted octanol–water partition coefficient (Wildman–Crippen LogP) is 14.4. The third-order valence-corrected chi connectivity index (χ3v) is 9.19. The number of benzene rings is 9. The topological polar surface area (TPSA) is 13.1 Å². The number of furan rings is 1. The fourth-order valence-electron chi connectivity index (χ4n) is 6.82. The first-order chi connectivity index (χ1) is 38.5. The van der Waals surface area contributed by atoms with Gasteiger partial charge in [0.05, 0.1) is 38.4 Å². The van der Waals surface area contributed by atoms with Crippen LogP contribution in [0.5, 0.6) is 0 Å². The molecule has 244 valence electrons. The van der Waals surface area contributed by atoms with Crippen LogP contribution in [0.2, 0.25) is 0 Å². The molecular formula is C51H34O. The molecule has 0 aliphatic heterocycles. The Kier molecular flexibility index (Phi) is 2.50. The fraction of sp³-hybridized carbons (Fsp3) is 0.0588. The van der Waals surface area contributed by atoms with Crippen molar-refractivity contribution in [1.29, 1.82) is 0 Å². The van der Waals surface area contributed by atoms with E-state index in [1.54, 1.807) is 0 Å². The summed E-state index contributed by atoms with van der Waals surface area (Å²) >= 11 is 0. The lowest BCUT2D eigenvalue weighted by atomic mass is 9.81. The van der Waals surface area contributed by atoms with Gasteiger partial charge in [0.25, 0.3) is 0 Å². The quantitative estimate of drug-likeness (QED) is 0.168. The highest BCUT2D eigenvalue weighted by Gasteiger charge is 2.35. The number of rotatable bonds is 3. The molecule has 1 atom stereocenters. The van der Waals surface area contributed by atoms with Crippen molar-refractivity contribution in [2.75, 3.05) is 0 Å². The third-order valence-electron chi connectivity index (χ3n) is 9.19. The van der Waals surface area contributed by atoms with Crippen LogP contribution in [0.4, 0.5) is 0 Å². The average Bonchev–Trinajstić information content (AvgIpc) is 1.71. The Bertz CT molecular complexity index is 4710. The molecule has 10 aromatic rings. The van der Waals surface area contributed by atoms with Gasteiger partial charge in [-0.25, -0.2) is 0 Å². The molecule has 0 saturated heterocycles. The molecule has 0 bridgehead atoms. The number of fused-ring (bicyclic) bond motifs is 10. The van der Waals surface area contributed by atoms with Gasteiger partial charge in [-0.2, -0.15) is 0 Å². The molecule has 52 heavy (non-hydrogen) atoms. The standard InChI is InChI=1S/C51H34O/c1-51(2)45-18-10-9-13-37(45)38-26-24-34(30-46(38)51)31-19-21-33(22-20-31)48-39-14-5-7-16-41(39)49(42-17-8-6-15-40(42)48)35-25-28-47-44(29-35)43-27-23-32-11-3-4-12-36(32)50(43)52-47/h3-30H,1-2H3/i1D3,3D,4D,5D,6D,7D,8D,9D,10D,11D,12D,13D,14D,15D,16D,17D,18D,19D,20D,21D,22D,23D,24D,25D,26D,27D,28D,29D,30D. The van der Waals surface area contributed by atoms with E-state index in [4.69, 9.17) is 27.7 Å². The molecule has 0 N–H and O–H groups in total. The zero-order chi connectivity index (χ0) is 61.4. The molecule has 11 rings (SSSR count). The summed E-state index contributed by atoms with van der Waals surface area (Å²) in [5.41, 5.74) is -10.9. The summed E-state index contributed by atoms with van der Waals surface area (Å²) in [6.45, 7) is -2.23. The molecule has 1 aromatic heterocycles. The van der Waals surface area contributed by atoms with Crippen LogP contribution < -0.4 is 0 Å². The van der Waals surface area contributed by atoms with E-state index in [0.29, 0.717) is 0 Å². The van der Waals surface area contributed by atoms with Gasteiger partial charge in [-0.05, 0) is 107 Å². The minimum absolute atomic E-state index is 0.435.